The molecule has 6 aromatic carbocycles. The predicted molar refractivity (Wildman–Crippen MR) is 237 cm³/mol. The van der Waals surface area contributed by atoms with Crippen LogP contribution >= 0.6 is 0 Å². The van der Waals surface area contributed by atoms with Gasteiger partial charge in [0.2, 0.25) is 5.91 Å². The van der Waals surface area contributed by atoms with E-state index < -0.39 is 41.9 Å². The maximum atomic E-state index is 14.8. The Hall–Kier alpha value is -7.51. The van der Waals surface area contributed by atoms with Crippen LogP contribution < -0.4 is 30.5 Å². The molecule has 4 amide bonds. The van der Waals surface area contributed by atoms with E-state index in [1.165, 1.54) is 19.1 Å². The van der Waals surface area contributed by atoms with Crippen molar-refractivity contribution in [1.29, 1.82) is 0 Å². The van der Waals surface area contributed by atoms with E-state index in [0.717, 1.165) is 33.0 Å². The van der Waals surface area contributed by atoms with Crippen LogP contribution in [0.25, 0.3) is 21.9 Å². The summed E-state index contributed by atoms with van der Waals surface area (Å²) in [6, 6.07) is 36.6. The zero-order valence-corrected chi connectivity index (χ0v) is 34.6. The number of amides is 4. The van der Waals surface area contributed by atoms with Crippen molar-refractivity contribution in [3.63, 3.8) is 0 Å². The summed E-state index contributed by atoms with van der Waals surface area (Å²) in [6.07, 6.45) is -0.632. The number of nitrogens with one attached hydrogen (secondary N) is 3. The summed E-state index contributed by atoms with van der Waals surface area (Å²) in [5.41, 5.74) is 7.06. The van der Waals surface area contributed by atoms with Crippen molar-refractivity contribution in [3.05, 3.63) is 155 Å². The third-order valence-electron chi connectivity index (χ3n) is 11.5. The molecule has 3 N–H and O–H groups in total. The third-order valence-corrected chi connectivity index (χ3v) is 11.5. The molecule has 314 valence electrons. The molecule has 2 aliphatic rings. The molecule has 6 aromatic rings. The van der Waals surface area contributed by atoms with E-state index in [1.807, 2.05) is 30.3 Å². The van der Waals surface area contributed by atoms with Gasteiger partial charge in [0.25, 0.3) is 11.8 Å². The van der Waals surface area contributed by atoms with Crippen molar-refractivity contribution >= 4 is 57.6 Å². The van der Waals surface area contributed by atoms with Gasteiger partial charge in [-0.15, -0.1) is 0 Å². The quantitative estimate of drug-likeness (QED) is 0.114. The summed E-state index contributed by atoms with van der Waals surface area (Å²) in [7, 11) is 4.49. The number of carbonyl (C=O) groups is 5. The van der Waals surface area contributed by atoms with Crippen LogP contribution in [0, 0.1) is 0 Å². The molecule has 0 saturated heterocycles. The fourth-order valence-corrected chi connectivity index (χ4v) is 8.21. The minimum Gasteiger partial charge on any atom is -0.496 e. The molecule has 1 aliphatic heterocycles. The van der Waals surface area contributed by atoms with Crippen LogP contribution in [0.3, 0.4) is 0 Å². The Morgan fingerprint density at radius 3 is 2.08 bits per heavy atom. The minimum absolute atomic E-state index is 0.000147. The first kappa shape index (κ1) is 41.2. The van der Waals surface area contributed by atoms with Gasteiger partial charge >= 0.3 is 12.1 Å². The summed E-state index contributed by atoms with van der Waals surface area (Å²) < 4.78 is 16.5. The van der Waals surface area contributed by atoms with Gasteiger partial charge in [0, 0.05) is 22.7 Å². The Balaban J connectivity index is 1.06. The summed E-state index contributed by atoms with van der Waals surface area (Å²) in [4.78, 5) is 71.2. The number of anilines is 3. The number of para-hydroxylation sites is 2. The first-order valence-corrected chi connectivity index (χ1v) is 20.2. The van der Waals surface area contributed by atoms with E-state index in [2.05, 4.69) is 40.2 Å². The smallest absolute Gasteiger partial charge is 0.411 e. The van der Waals surface area contributed by atoms with E-state index >= 15 is 0 Å². The lowest BCUT2D eigenvalue weighted by Crippen LogP contribution is -2.55. The highest BCUT2D eigenvalue weighted by atomic mass is 16.5. The lowest BCUT2D eigenvalue weighted by Gasteiger charge is -2.27. The molecule has 0 saturated carbocycles. The first-order valence-electron chi connectivity index (χ1n) is 20.2. The predicted octanol–water partition coefficient (Wildman–Crippen LogP) is 7.28. The lowest BCUT2D eigenvalue weighted by atomic mass is 9.98. The van der Waals surface area contributed by atoms with Crippen LogP contribution in [0.5, 0.6) is 5.75 Å². The second-order valence-corrected chi connectivity index (χ2v) is 15.1. The Kier molecular flexibility index (Phi) is 11.7. The number of hydrogen-bond acceptors (Lipinski definition) is 9. The van der Waals surface area contributed by atoms with E-state index in [-0.39, 0.29) is 31.2 Å². The van der Waals surface area contributed by atoms with Crippen molar-refractivity contribution in [2.75, 3.05) is 49.5 Å². The number of methoxy groups -OCH3 is 2. The standard InChI is InChI=1S/C49H45N5O8/c1-29(50-2)45(55)52-41-27-54(43-16-10-9-15-42(43)53(47(41)57)26-39-34-23-19-32(48(58)61-4)25-31(34)20-24-44(39)60-3)46(56)30-17-21-33(22-18-30)51-49(59)62-28-40-37-13-7-5-11-35(37)36-12-6-8-14-38(36)40/h5-25,29,40-41,50H,26-28H2,1-4H3,(H,51,59)(H,52,55)/t29-,41?/m0/s1. The number of carbonyl (C=O) groups excluding carboxylic acids is 5. The number of likely N-dealkylation sites (N-methyl/N-ethyl adjacent to an activating group) is 1. The molecule has 13 nitrogen and oxygen atoms in total. The normalized spacial score (nSPS) is 14.8. The molecule has 0 spiro atoms. The second-order valence-electron chi connectivity index (χ2n) is 15.1. The largest absolute Gasteiger partial charge is 0.496 e. The SMILES string of the molecule is CN[C@@H](C)C(=O)NC1CN(C(=O)c2ccc(NC(=O)OCC3c4ccccc4-c4ccccc43)cc2)c2ccccc2N(Cc2c(OC)ccc3cc(C(=O)OC)ccc23)C1=O. The zero-order valence-electron chi connectivity index (χ0n) is 34.6. The van der Waals surface area contributed by atoms with Crippen molar-refractivity contribution < 1.29 is 38.2 Å². The van der Waals surface area contributed by atoms with Crippen molar-refractivity contribution in [2.24, 2.45) is 0 Å². The fourth-order valence-electron chi connectivity index (χ4n) is 8.21. The maximum absolute atomic E-state index is 14.8. The number of fused-ring (bicyclic) bond motifs is 5. The number of rotatable bonds is 11. The van der Waals surface area contributed by atoms with Crippen LogP contribution in [0.2, 0.25) is 0 Å². The highest BCUT2D eigenvalue weighted by Gasteiger charge is 2.38. The number of benzene rings is 6. The molecule has 0 fully saturated rings. The number of ether oxygens (including phenoxy) is 3. The van der Waals surface area contributed by atoms with Gasteiger partial charge in [0.1, 0.15) is 18.4 Å². The van der Waals surface area contributed by atoms with Gasteiger partial charge in [-0.05, 0) is 102 Å². The van der Waals surface area contributed by atoms with Crippen molar-refractivity contribution in [2.45, 2.75) is 31.5 Å². The topological polar surface area (TPSA) is 156 Å². The van der Waals surface area contributed by atoms with Crippen LogP contribution in [-0.2, 0) is 25.6 Å². The second kappa shape index (κ2) is 17.6. The van der Waals surface area contributed by atoms with E-state index in [9.17, 15) is 24.0 Å². The van der Waals surface area contributed by atoms with Crippen LogP contribution in [0.15, 0.2) is 127 Å². The van der Waals surface area contributed by atoms with Gasteiger partial charge in [-0.2, -0.15) is 0 Å². The fraction of sp³-hybridized carbons (Fsp3) is 0.204. The third kappa shape index (κ3) is 7.93. The molecule has 0 aromatic heterocycles. The number of nitrogens with zero attached hydrogens (tertiary/aromatic N) is 2. The van der Waals surface area contributed by atoms with Crippen molar-refractivity contribution in [3.8, 4) is 16.9 Å². The zero-order chi connectivity index (χ0) is 43.5. The molecule has 1 aliphatic carbocycles. The highest BCUT2D eigenvalue weighted by molar-refractivity contribution is 6.13. The average molecular weight is 832 g/mol. The molecule has 0 radical (unpaired) electrons. The minimum atomic E-state index is -1.16. The summed E-state index contributed by atoms with van der Waals surface area (Å²) in [5, 5.41) is 10.0. The monoisotopic (exact) mass is 831 g/mol. The summed E-state index contributed by atoms with van der Waals surface area (Å²) in [6.45, 7) is 1.64. The molecule has 62 heavy (non-hydrogen) atoms. The molecule has 1 unspecified atom stereocenters. The van der Waals surface area contributed by atoms with Gasteiger partial charge in [0.15, 0.2) is 0 Å². The molecule has 13 heteroatoms. The van der Waals surface area contributed by atoms with E-state index in [0.29, 0.717) is 33.9 Å². The van der Waals surface area contributed by atoms with Gasteiger partial charge in [-0.1, -0.05) is 72.8 Å². The highest BCUT2D eigenvalue weighted by Crippen LogP contribution is 2.44. The molecule has 2 atom stereocenters. The van der Waals surface area contributed by atoms with E-state index in [1.54, 1.807) is 91.7 Å². The van der Waals surface area contributed by atoms with Crippen molar-refractivity contribution in [1.82, 2.24) is 10.6 Å². The summed E-state index contributed by atoms with van der Waals surface area (Å²) >= 11 is 0. The van der Waals surface area contributed by atoms with Gasteiger partial charge < -0.3 is 34.6 Å². The maximum Gasteiger partial charge on any atom is 0.411 e. The first-order chi connectivity index (χ1) is 30.1. The molecule has 0 bridgehead atoms. The lowest BCUT2D eigenvalue weighted by molar-refractivity contribution is -0.128. The van der Waals surface area contributed by atoms with Crippen LogP contribution in [0.1, 0.15) is 50.2 Å². The summed E-state index contributed by atoms with van der Waals surface area (Å²) in [5.74, 6) is -1.39. The average Bonchev–Trinajstić information content (AvgIpc) is 3.57. The Bertz CT molecular complexity index is 2670. The van der Waals surface area contributed by atoms with E-state index in [4.69, 9.17) is 14.2 Å². The Morgan fingerprint density at radius 1 is 0.774 bits per heavy atom. The molecule has 1 heterocycles. The van der Waals surface area contributed by atoms with Crippen LogP contribution in [0.4, 0.5) is 21.9 Å². The Labute approximate surface area is 358 Å². The Morgan fingerprint density at radius 2 is 1.42 bits per heavy atom. The molecule has 8 rings (SSSR count). The van der Waals surface area contributed by atoms with Gasteiger partial charge in [0.05, 0.1) is 50.3 Å². The number of hydrogen-bond donors (Lipinski definition) is 3. The molecular formula is C49H45N5O8. The number of esters is 1. The van der Waals surface area contributed by atoms with Crippen LogP contribution in [-0.4, -0.2) is 76.3 Å². The van der Waals surface area contributed by atoms with Gasteiger partial charge in [-0.25, -0.2) is 9.59 Å². The van der Waals surface area contributed by atoms with Gasteiger partial charge in [-0.3, -0.25) is 19.7 Å². The molecular weight excluding hydrogens is 787 g/mol.